The van der Waals surface area contributed by atoms with Crippen LogP contribution in [0.3, 0.4) is 0 Å². The van der Waals surface area contributed by atoms with Gasteiger partial charge in [-0.2, -0.15) is 0 Å². The number of hydrogen-bond acceptors (Lipinski definition) is 5. The summed E-state index contributed by atoms with van der Waals surface area (Å²) in [5.74, 6) is 0.223. The van der Waals surface area contributed by atoms with Crippen molar-refractivity contribution in [2.45, 2.75) is 12.2 Å². The number of nitrogens with zero attached hydrogens (tertiary/aromatic N) is 1. The van der Waals surface area contributed by atoms with Crippen LogP contribution in [0.2, 0.25) is 0 Å². The van der Waals surface area contributed by atoms with Crippen LogP contribution in [0.25, 0.3) is 0 Å². The first-order valence-corrected chi connectivity index (χ1v) is 5.27. The van der Waals surface area contributed by atoms with Gasteiger partial charge in [0.1, 0.15) is 11.9 Å². The highest BCUT2D eigenvalue weighted by Crippen LogP contribution is 2.24. The molecular weight excluding hydrogens is 262 g/mol. The fourth-order valence-corrected chi connectivity index (χ4v) is 1.58. The zero-order valence-electron chi connectivity index (χ0n) is 8.31. The Labute approximate surface area is 96.5 Å². The third-order valence-corrected chi connectivity index (χ3v) is 2.45. The average Bonchev–Trinajstić information content (AvgIpc) is 2.21. The SMILES string of the molecule is CNCC(O)C(O)c1cc(Br)cnc1N. The van der Waals surface area contributed by atoms with E-state index in [1.807, 2.05) is 0 Å². The fraction of sp³-hybridized carbons (Fsp3) is 0.444. The van der Waals surface area contributed by atoms with Crippen LogP contribution >= 0.6 is 15.9 Å². The maximum absolute atomic E-state index is 9.79. The number of aliphatic hydroxyl groups is 2. The second-order valence-electron chi connectivity index (χ2n) is 3.20. The molecule has 1 aromatic rings. The van der Waals surface area contributed by atoms with Gasteiger partial charge in [0.05, 0.1) is 6.10 Å². The minimum atomic E-state index is -1.04. The van der Waals surface area contributed by atoms with E-state index in [2.05, 4.69) is 26.2 Å². The smallest absolute Gasteiger partial charge is 0.129 e. The zero-order valence-corrected chi connectivity index (χ0v) is 9.90. The van der Waals surface area contributed by atoms with E-state index in [-0.39, 0.29) is 12.4 Å². The maximum Gasteiger partial charge on any atom is 0.129 e. The van der Waals surface area contributed by atoms with Crippen molar-refractivity contribution in [1.29, 1.82) is 0 Å². The van der Waals surface area contributed by atoms with Crippen LogP contribution in [-0.4, -0.2) is 34.9 Å². The molecule has 15 heavy (non-hydrogen) atoms. The van der Waals surface area contributed by atoms with E-state index in [9.17, 15) is 10.2 Å². The van der Waals surface area contributed by atoms with Gasteiger partial charge in [0.25, 0.3) is 0 Å². The molecule has 84 valence electrons. The number of aliphatic hydroxyl groups excluding tert-OH is 2. The molecule has 2 atom stereocenters. The summed E-state index contributed by atoms with van der Waals surface area (Å²) in [6.07, 6.45) is -0.411. The topological polar surface area (TPSA) is 91.4 Å². The van der Waals surface area contributed by atoms with Gasteiger partial charge in [0, 0.05) is 22.8 Å². The molecule has 0 radical (unpaired) electrons. The Morgan fingerprint density at radius 1 is 1.60 bits per heavy atom. The molecule has 6 heteroatoms. The third-order valence-electron chi connectivity index (χ3n) is 2.01. The molecule has 0 fully saturated rings. The summed E-state index contributed by atoms with van der Waals surface area (Å²) >= 11 is 3.23. The van der Waals surface area contributed by atoms with E-state index in [1.54, 1.807) is 13.1 Å². The zero-order chi connectivity index (χ0) is 11.4. The highest BCUT2D eigenvalue weighted by molar-refractivity contribution is 9.10. The molecule has 2 unspecified atom stereocenters. The second kappa shape index (κ2) is 5.41. The quantitative estimate of drug-likeness (QED) is 0.623. The fourth-order valence-electron chi connectivity index (χ4n) is 1.23. The summed E-state index contributed by atoms with van der Waals surface area (Å²) in [6, 6.07) is 1.64. The molecular formula is C9H14BrN3O2. The van der Waals surface area contributed by atoms with Crippen molar-refractivity contribution >= 4 is 21.7 Å². The molecule has 0 saturated carbocycles. The number of nitrogens with one attached hydrogen (secondary N) is 1. The van der Waals surface area contributed by atoms with Crippen LogP contribution in [0.4, 0.5) is 5.82 Å². The lowest BCUT2D eigenvalue weighted by Crippen LogP contribution is -2.30. The Kier molecular flexibility index (Phi) is 4.46. The van der Waals surface area contributed by atoms with E-state index in [1.165, 1.54) is 6.20 Å². The molecule has 5 N–H and O–H groups in total. The van der Waals surface area contributed by atoms with Crippen molar-refractivity contribution in [2.24, 2.45) is 0 Å². The van der Waals surface area contributed by atoms with E-state index in [4.69, 9.17) is 5.73 Å². The lowest BCUT2D eigenvalue weighted by molar-refractivity contribution is 0.0205. The van der Waals surface area contributed by atoms with Crippen molar-refractivity contribution in [3.8, 4) is 0 Å². The van der Waals surface area contributed by atoms with Crippen molar-refractivity contribution in [3.63, 3.8) is 0 Å². The number of aromatic nitrogens is 1. The Balaban J connectivity index is 2.89. The van der Waals surface area contributed by atoms with Gasteiger partial charge < -0.3 is 21.3 Å². The largest absolute Gasteiger partial charge is 0.389 e. The van der Waals surface area contributed by atoms with Gasteiger partial charge in [0.15, 0.2) is 0 Å². The number of hydrogen-bond donors (Lipinski definition) is 4. The van der Waals surface area contributed by atoms with Crippen molar-refractivity contribution in [2.75, 3.05) is 19.3 Å². The number of likely N-dealkylation sites (N-methyl/N-ethyl adjacent to an activating group) is 1. The first kappa shape index (κ1) is 12.4. The number of anilines is 1. The van der Waals surface area contributed by atoms with E-state index in [0.29, 0.717) is 10.0 Å². The molecule has 1 aromatic heterocycles. The summed E-state index contributed by atoms with van der Waals surface area (Å²) in [7, 11) is 1.69. The molecule has 5 nitrogen and oxygen atoms in total. The summed E-state index contributed by atoms with van der Waals surface area (Å²) in [4.78, 5) is 3.88. The van der Waals surface area contributed by atoms with Gasteiger partial charge in [-0.05, 0) is 29.0 Å². The summed E-state index contributed by atoms with van der Waals surface area (Å²) < 4.78 is 0.711. The van der Waals surface area contributed by atoms with Crippen LogP contribution < -0.4 is 11.1 Å². The first-order chi connectivity index (χ1) is 7.06. The van der Waals surface area contributed by atoms with Gasteiger partial charge in [-0.1, -0.05) is 0 Å². The molecule has 0 aliphatic carbocycles. The predicted octanol–water partition coefficient (Wildman–Crippen LogP) is 0.0400. The molecule has 0 bridgehead atoms. The number of rotatable bonds is 4. The van der Waals surface area contributed by atoms with Crippen LogP contribution in [0.1, 0.15) is 11.7 Å². The standard InChI is InChI=1S/C9H14BrN3O2/c1-12-4-7(14)8(15)6-2-5(10)3-13-9(6)11/h2-3,7-8,12,14-15H,4H2,1H3,(H2,11,13). The number of pyridine rings is 1. The number of nitrogen functional groups attached to an aromatic ring is 1. The van der Waals surface area contributed by atoms with Crippen molar-refractivity contribution in [1.82, 2.24) is 10.3 Å². The predicted molar refractivity (Wildman–Crippen MR) is 61.2 cm³/mol. The minimum Gasteiger partial charge on any atom is -0.389 e. The number of halogens is 1. The summed E-state index contributed by atoms with van der Waals surface area (Å²) in [5, 5.41) is 22.1. The Hall–Kier alpha value is -0.690. The lowest BCUT2D eigenvalue weighted by atomic mass is 10.1. The van der Waals surface area contributed by atoms with Gasteiger partial charge in [-0.3, -0.25) is 0 Å². The van der Waals surface area contributed by atoms with E-state index < -0.39 is 12.2 Å². The highest BCUT2D eigenvalue weighted by Gasteiger charge is 2.20. The van der Waals surface area contributed by atoms with Crippen LogP contribution in [-0.2, 0) is 0 Å². The third kappa shape index (κ3) is 3.13. The Morgan fingerprint density at radius 2 is 2.27 bits per heavy atom. The molecule has 0 aliphatic heterocycles. The van der Waals surface area contributed by atoms with Gasteiger partial charge >= 0.3 is 0 Å². The van der Waals surface area contributed by atoms with Crippen molar-refractivity contribution in [3.05, 3.63) is 22.3 Å². The summed E-state index contributed by atoms with van der Waals surface area (Å²) in [6.45, 7) is 0.285. The second-order valence-corrected chi connectivity index (χ2v) is 4.11. The molecule has 0 saturated heterocycles. The van der Waals surface area contributed by atoms with E-state index in [0.717, 1.165) is 0 Å². The Bertz CT molecular complexity index is 335. The first-order valence-electron chi connectivity index (χ1n) is 4.48. The van der Waals surface area contributed by atoms with Crippen molar-refractivity contribution < 1.29 is 10.2 Å². The monoisotopic (exact) mass is 275 g/mol. The van der Waals surface area contributed by atoms with Gasteiger partial charge in [-0.25, -0.2) is 4.98 Å². The molecule has 1 rings (SSSR count). The van der Waals surface area contributed by atoms with Crippen LogP contribution in [0.5, 0.6) is 0 Å². The molecule has 1 heterocycles. The van der Waals surface area contributed by atoms with Gasteiger partial charge in [0.2, 0.25) is 0 Å². The maximum atomic E-state index is 9.79. The molecule has 0 aromatic carbocycles. The normalized spacial score (nSPS) is 14.9. The minimum absolute atomic E-state index is 0.223. The molecule has 0 aliphatic rings. The summed E-state index contributed by atoms with van der Waals surface area (Å²) in [5.41, 5.74) is 6.02. The van der Waals surface area contributed by atoms with Crippen LogP contribution in [0, 0.1) is 0 Å². The van der Waals surface area contributed by atoms with Crippen LogP contribution in [0.15, 0.2) is 16.7 Å². The average molecular weight is 276 g/mol. The van der Waals surface area contributed by atoms with Gasteiger partial charge in [-0.15, -0.1) is 0 Å². The van der Waals surface area contributed by atoms with E-state index >= 15 is 0 Å². The Morgan fingerprint density at radius 3 is 2.87 bits per heavy atom. The molecule has 0 amide bonds. The highest BCUT2D eigenvalue weighted by atomic mass is 79.9. The lowest BCUT2D eigenvalue weighted by Gasteiger charge is -2.18. The number of nitrogens with two attached hydrogens (primary N) is 1. The molecule has 0 spiro atoms.